The highest BCUT2D eigenvalue weighted by Gasteiger charge is 2.16. The van der Waals surface area contributed by atoms with Crippen molar-refractivity contribution in [1.82, 2.24) is 0 Å². The molecular weight excluding hydrogens is 238 g/mol. The van der Waals surface area contributed by atoms with Crippen molar-refractivity contribution in [3.63, 3.8) is 0 Å². The van der Waals surface area contributed by atoms with E-state index in [1.54, 1.807) is 14.2 Å². The van der Waals surface area contributed by atoms with Crippen molar-refractivity contribution in [3.05, 3.63) is 36.4 Å². The Bertz CT molecular complexity index is 333. The standard InChI is InChI=1S/C13H19NO2.ClH/c1-4-5-7-10(14)13-11(15-2)8-6-9-12(13)16-3;/h4,6,8-10H,1,5,7,14H2,2-3H3;1H/t10-;/m0./s1. The predicted molar refractivity (Wildman–Crippen MR) is 73.2 cm³/mol. The number of halogens is 1. The van der Waals surface area contributed by atoms with Crippen molar-refractivity contribution in [2.24, 2.45) is 5.73 Å². The van der Waals surface area contributed by atoms with E-state index in [-0.39, 0.29) is 18.4 Å². The van der Waals surface area contributed by atoms with Gasteiger partial charge in [-0.3, -0.25) is 0 Å². The lowest BCUT2D eigenvalue weighted by atomic mass is 10.0. The molecule has 0 unspecified atom stereocenters. The lowest BCUT2D eigenvalue weighted by Crippen LogP contribution is -2.12. The first-order valence-electron chi connectivity index (χ1n) is 5.32. The highest BCUT2D eigenvalue weighted by atomic mass is 35.5. The molecule has 0 aliphatic heterocycles. The van der Waals surface area contributed by atoms with Gasteiger partial charge in [-0.05, 0) is 25.0 Å². The molecule has 0 aliphatic carbocycles. The van der Waals surface area contributed by atoms with Crippen LogP contribution in [0.1, 0.15) is 24.4 Å². The van der Waals surface area contributed by atoms with Crippen LogP contribution in [0.2, 0.25) is 0 Å². The average Bonchev–Trinajstić information content (AvgIpc) is 2.34. The fraction of sp³-hybridized carbons (Fsp3) is 0.385. The highest BCUT2D eigenvalue weighted by Crippen LogP contribution is 2.34. The molecule has 0 amide bonds. The summed E-state index contributed by atoms with van der Waals surface area (Å²) in [5, 5.41) is 0. The quantitative estimate of drug-likeness (QED) is 0.797. The van der Waals surface area contributed by atoms with Crippen LogP contribution in [0, 0.1) is 0 Å². The van der Waals surface area contributed by atoms with Gasteiger partial charge in [-0.15, -0.1) is 19.0 Å². The maximum Gasteiger partial charge on any atom is 0.127 e. The van der Waals surface area contributed by atoms with Gasteiger partial charge in [0.25, 0.3) is 0 Å². The second-order valence-corrected chi connectivity index (χ2v) is 3.55. The van der Waals surface area contributed by atoms with Crippen LogP contribution in [0.25, 0.3) is 0 Å². The molecule has 0 saturated carbocycles. The van der Waals surface area contributed by atoms with Gasteiger partial charge in [0.05, 0.1) is 19.8 Å². The van der Waals surface area contributed by atoms with Crippen molar-refractivity contribution in [2.45, 2.75) is 18.9 Å². The molecule has 96 valence electrons. The Morgan fingerprint density at radius 2 is 1.82 bits per heavy atom. The summed E-state index contributed by atoms with van der Waals surface area (Å²) in [5.41, 5.74) is 7.05. The summed E-state index contributed by atoms with van der Waals surface area (Å²) in [6, 6.07) is 5.59. The van der Waals surface area contributed by atoms with Crippen LogP contribution in [0.15, 0.2) is 30.9 Å². The zero-order valence-electron chi connectivity index (χ0n) is 10.3. The van der Waals surface area contributed by atoms with Crippen molar-refractivity contribution >= 4 is 12.4 Å². The van der Waals surface area contributed by atoms with E-state index >= 15 is 0 Å². The van der Waals surface area contributed by atoms with E-state index < -0.39 is 0 Å². The molecule has 1 rings (SSSR count). The van der Waals surface area contributed by atoms with Gasteiger partial charge in [-0.25, -0.2) is 0 Å². The van der Waals surface area contributed by atoms with E-state index in [1.807, 2.05) is 24.3 Å². The fourth-order valence-electron chi connectivity index (χ4n) is 1.69. The minimum atomic E-state index is -0.0934. The number of rotatable bonds is 6. The summed E-state index contributed by atoms with van der Waals surface area (Å²) in [7, 11) is 3.27. The van der Waals surface area contributed by atoms with Gasteiger partial charge in [0.15, 0.2) is 0 Å². The molecule has 0 aliphatic rings. The van der Waals surface area contributed by atoms with Crippen molar-refractivity contribution in [3.8, 4) is 11.5 Å². The predicted octanol–water partition coefficient (Wildman–Crippen LogP) is 3.09. The molecule has 1 aromatic rings. The van der Waals surface area contributed by atoms with E-state index in [4.69, 9.17) is 15.2 Å². The van der Waals surface area contributed by atoms with Crippen molar-refractivity contribution in [1.29, 1.82) is 0 Å². The smallest absolute Gasteiger partial charge is 0.127 e. The number of methoxy groups -OCH3 is 2. The molecule has 0 bridgehead atoms. The number of hydrogen-bond acceptors (Lipinski definition) is 3. The highest BCUT2D eigenvalue weighted by molar-refractivity contribution is 5.85. The normalized spacial score (nSPS) is 11.2. The molecule has 0 heterocycles. The summed E-state index contributed by atoms with van der Waals surface area (Å²) in [4.78, 5) is 0. The largest absolute Gasteiger partial charge is 0.496 e. The third-order valence-corrected chi connectivity index (χ3v) is 2.52. The van der Waals surface area contributed by atoms with Gasteiger partial charge >= 0.3 is 0 Å². The monoisotopic (exact) mass is 257 g/mol. The Balaban J connectivity index is 0.00000256. The first kappa shape index (κ1) is 15.8. The SMILES string of the molecule is C=CCC[C@H](N)c1c(OC)cccc1OC.Cl. The lowest BCUT2D eigenvalue weighted by molar-refractivity contribution is 0.377. The molecule has 0 saturated heterocycles. The molecule has 0 fully saturated rings. The van der Waals surface area contributed by atoms with Crippen LogP contribution < -0.4 is 15.2 Å². The summed E-state index contributed by atoms with van der Waals surface area (Å²) >= 11 is 0. The molecular formula is C13H20ClNO2. The second kappa shape index (κ2) is 7.98. The second-order valence-electron chi connectivity index (χ2n) is 3.55. The summed E-state index contributed by atoms with van der Waals surface area (Å²) in [6.45, 7) is 3.69. The van der Waals surface area contributed by atoms with E-state index in [2.05, 4.69) is 6.58 Å². The maximum atomic E-state index is 6.13. The molecule has 17 heavy (non-hydrogen) atoms. The molecule has 0 spiro atoms. The Hall–Kier alpha value is -1.19. The topological polar surface area (TPSA) is 44.5 Å². The number of hydrogen-bond donors (Lipinski definition) is 1. The van der Waals surface area contributed by atoms with Gasteiger partial charge in [0, 0.05) is 6.04 Å². The average molecular weight is 258 g/mol. The van der Waals surface area contributed by atoms with Crippen LogP contribution in [-0.4, -0.2) is 14.2 Å². The van der Waals surface area contributed by atoms with Gasteiger partial charge in [0.2, 0.25) is 0 Å². The first-order valence-corrected chi connectivity index (χ1v) is 5.32. The summed E-state index contributed by atoms with van der Waals surface area (Å²) in [5.74, 6) is 1.55. The van der Waals surface area contributed by atoms with Crippen LogP contribution >= 0.6 is 12.4 Å². The number of benzene rings is 1. The Labute approximate surface area is 109 Å². The molecule has 0 radical (unpaired) electrons. The number of ether oxygens (including phenoxy) is 2. The van der Waals surface area contributed by atoms with Crippen molar-refractivity contribution in [2.75, 3.05) is 14.2 Å². The van der Waals surface area contributed by atoms with Gasteiger partial charge in [0.1, 0.15) is 11.5 Å². The van der Waals surface area contributed by atoms with E-state index in [1.165, 1.54) is 0 Å². The minimum absolute atomic E-state index is 0. The van der Waals surface area contributed by atoms with Crippen LogP contribution in [0.3, 0.4) is 0 Å². The van der Waals surface area contributed by atoms with Crippen molar-refractivity contribution < 1.29 is 9.47 Å². The van der Waals surface area contributed by atoms with Crippen LogP contribution in [-0.2, 0) is 0 Å². The lowest BCUT2D eigenvalue weighted by Gasteiger charge is -2.18. The molecule has 3 nitrogen and oxygen atoms in total. The molecule has 1 atom stereocenters. The van der Waals surface area contributed by atoms with Crippen LogP contribution in [0.5, 0.6) is 11.5 Å². The Kier molecular flexibility index (Phi) is 7.42. The Morgan fingerprint density at radius 1 is 1.29 bits per heavy atom. The first-order chi connectivity index (χ1) is 7.74. The van der Waals surface area contributed by atoms with Gasteiger partial charge < -0.3 is 15.2 Å². The third-order valence-electron chi connectivity index (χ3n) is 2.52. The summed E-state index contributed by atoms with van der Waals surface area (Å²) < 4.78 is 10.6. The number of allylic oxidation sites excluding steroid dienone is 1. The van der Waals surface area contributed by atoms with E-state index in [0.717, 1.165) is 29.9 Å². The van der Waals surface area contributed by atoms with E-state index in [9.17, 15) is 0 Å². The van der Waals surface area contributed by atoms with Gasteiger partial charge in [-0.2, -0.15) is 0 Å². The molecule has 0 aromatic heterocycles. The minimum Gasteiger partial charge on any atom is -0.496 e. The maximum absolute atomic E-state index is 6.13. The number of nitrogens with two attached hydrogens (primary N) is 1. The zero-order chi connectivity index (χ0) is 12.0. The molecule has 1 aromatic carbocycles. The molecule has 2 N–H and O–H groups in total. The fourth-order valence-corrected chi connectivity index (χ4v) is 1.69. The van der Waals surface area contributed by atoms with E-state index in [0.29, 0.717) is 0 Å². The Morgan fingerprint density at radius 3 is 2.24 bits per heavy atom. The summed E-state index contributed by atoms with van der Waals surface area (Å²) in [6.07, 6.45) is 3.57. The van der Waals surface area contributed by atoms with Gasteiger partial charge in [-0.1, -0.05) is 12.1 Å². The zero-order valence-corrected chi connectivity index (χ0v) is 11.1. The van der Waals surface area contributed by atoms with Crippen LogP contribution in [0.4, 0.5) is 0 Å². The third kappa shape index (κ3) is 3.95. The molecule has 4 heteroatoms.